The van der Waals surface area contributed by atoms with E-state index in [9.17, 15) is 35.5 Å². The van der Waals surface area contributed by atoms with E-state index >= 15 is 0 Å². The Kier molecular flexibility index (Phi) is 8.67. The fourth-order valence-electron chi connectivity index (χ4n) is 4.67. The van der Waals surface area contributed by atoms with Crippen molar-refractivity contribution in [3.05, 3.63) is 50.3 Å². The summed E-state index contributed by atoms with van der Waals surface area (Å²) in [7, 11) is 0. The number of imidazole rings is 1. The van der Waals surface area contributed by atoms with Crippen LogP contribution in [0.5, 0.6) is 0 Å². The highest BCUT2D eigenvalue weighted by atomic mass is 16.6. The molecule has 10 N–H and O–H groups in total. The molecule has 3 aromatic rings. The first kappa shape index (κ1) is 28.9. The molecule has 40 heavy (non-hydrogen) atoms. The minimum atomic E-state index is -1.53. The number of nitrogens with zero attached hydrogens (tertiary/aromatic N) is 6. The number of hydrogen-bond acceptors (Lipinski definition) is 15. The summed E-state index contributed by atoms with van der Waals surface area (Å²) in [5.41, 5.74) is 17.3. The molecule has 0 bridgehead atoms. The van der Waals surface area contributed by atoms with Crippen LogP contribution in [0, 0.1) is 20.2 Å². The number of nitrogens with one attached hydrogen (secondary N) is 1. The van der Waals surface area contributed by atoms with Gasteiger partial charge in [0.15, 0.2) is 23.2 Å². The highest BCUT2D eigenvalue weighted by Gasteiger charge is 2.45. The van der Waals surface area contributed by atoms with Gasteiger partial charge in [-0.05, 0) is 25.5 Å². The summed E-state index contributed by atoms with van der Waals surface area (Å²) in [6.07, 6.45) is -2.70. The number of aliphatic hydroxyl groups excluding tert-OH is 3. The summed E-state index contributed by atoms with van der Waals surface area (Å²) in [6.45, 7) is -0.188. The molecule has 3 heterocycles. The molecule has 0 amide bonds. The maximum absolute atomic E-state index is 12.0. The Morgan fingerprint density at radius 1 is 1.15 bits per heavy atom. The maximum Gasteiger partial charge on any atom is 0.281 e. The standard InChI is InChI=1S/C22H30N10O8/c23-6-2-1-3-12(24)15(11-5-4-10(31(36)37)7-13(11)32(38)39)28-22-29-16-19(25)26-9-27-20(16)30(22)21-18(35)17(34)14(8-33)40-21/h4-5,7,9,12,14-15,17-18,21,33-35H,1-3,6,8,23-24H2,(H,28,29)(H2,25,26,27)/t12?,14-,15?,17-,18-,21-/m1/s1. The molecule has 4 rings (SSSR count). The quantitative estimate of drug-likeness (QED) is 0.0827. The summed E-state index contributed by atoms with van der Waals surface area (Å²) in [5.74, 6) is -0.0763. The molecule has 18 heteroatoms. The van der Waals surface area contributed by atoms with Crippen LogP contribution < -0.4 is 22.5 Å². The Morgan fingerprint density at radius 3 is 2.52 bits per heavy atom. The Balaban J connectivity index is 1.86. The molecule has 1 aliphatic rings. The minimum absolute atomic E-state index is 0.0244. The summed E-state index contributed by atoms with van der Waals surface area (Å²) < 4.78 is 6.99. The average molecular weight is 563 g/mol. The lowest BCUT2D eigenvalue weighted by Gasteiger charge is -2.27. The first-order chi connectivity index (χ1) is 19.1. The predicted molar refractivity (Wildman–Crippen MR) is 140 cm³/mol. The zero-order valence-electron chi connectivity index (χ0n) is 21.1. The second-order valence-electron chi connectivity index (χ2n) is 9.29. The lowest BCUT2D eigenvalue weighted by atomic mass is 9.94. The van der Waals surface area contributed by atoms with Crippen LogP contribution in [-0.2, 0) is 4.74 Å². The Bertz CT molecular complexity index is 1390. The van der Waals surface area contributed by atoms with Crippen molar-refractivity contribution < 1.29 is 29.9 Å². The van der Waals surface area contributed by atoms with Gasteiger partial charge in [-0.3, -0.25) is 24.8 Å². The molecule has 1 fully saturated rings. The van der Waals surface area contributed by atoms with E-state index in [-0.39, 0.29) is 28.5 Å². The topological polar surface area (TPSA) is 290 Å². The summed E-state index contributed by atoms with van der Waals surface area (Å²) in [4.78, 5) is 34.3. The number of rotatable bonds is 12. The number of benzene rings is 1. The fourth-order valence-corrected chi connectivity index (χ4v) is 4.67. The predicted octanol–water partition coefficient (Wildman–Crippen LogP) is -0.554. The van der Waals surface area contributed by atoms with Crippen LogP contribution >= 0.6 is 0 Å². The number of non-ortho nitro benzene ring substituents is 1. The van der Waals surface area contributed by atoms with E-state index in [1.54, 1.807) is 0 Å². The molecule has 0 radical (unpaired) electrons. The molecule has 1 aromatic carbocycles. The SMILES string of the molecule is NCCCCC(N)C(Nc1nc2c(N)ncnc2n1[C@@H]1O[C@H](CO)[C@@H](O)[C@H]1O)c1ccc([N+](=O)[O-])cc1[N+](=O)[O-]. The van der Waals surface area contributed by atoms with E-state index in [0.717, 1.165) is 18.5 Å². The van der Waals surface area contributed by atoms with Gasteiger partial charge in [-0.1, -0.05) is 6.42 Å². The fraction of sp³-hybridized carbons (Fsp3) is 0.500. The third-order valence-corrected chi connectivity index (χ3v) is 6.74. The van der Waals surface area contributed by atoms with E-state index in [4.69, 9.17) is 21.9 Å². The molecule has 0 aliphatic carbocycles. The summed E-state index contributed by atoms with van der Waals surface area (Å²) >= 11 is 0. The molecule has 2 unspecified atom stereocenters. The molecule has 0 spiro atoms. The molecule has 2 aromatic heterocycles. The van der Waals surface area contributed by atoms with Crippen molar-refractivity contribution in [2.24, 2.45) is 11.5 Å². The van der Waals surface area contributed by atoms with Gasteiger partial charge < -0.3 is 42.6 Å². The number of nitrogens with two attached hydrogens (primary N) is 3. The first-order valence-electron chi connectivity index (χ1n) is 12.3. The Morgan fingerprint density at radius 2 is 1.90 bits per heavy atom. The number of aromatic nitrogens is 4. The summed E-state index contributed by atoms with van der Waals surface area (Å²) in [5, 5.41) is 57.1. The molecule has 1 saturated heterocycles. The van der Waals surface area contributed by atoms with Crippen molar-refractivity contribution >= 4 is 34.3 Å². The van der Waals surface area contributed by atoms with Gasteiger partial charge >= 0.3 is 0 Å². The number of unbranched alkanes of at least 4 members (excludes halogenated alkanes) is 1. The van der Waals surface area contributed by atoms with Crippen LogP contribution in [0.3, 0.4) is 0 Å². The van der Waals surface area contributed by atoms with Gasteiger partial charge in [-0.2, -0.15) is 0 Å². The number of nitro benzene ring substituents is 2. The van der Waals surface area contributed by atoms with Crippen molar-refractivity contribution in [1.29, 1.82) is 0 Å². The first-order valence-corrected chi connectivity index (χ1v) is 12.3. The van der Waals surface area contributed by atoms with Crippen molar-refractivity contribution in [2.75, 3.05) is 24.2 Å². The molecule has 18 nitrogen and oxygen atoms in total. The van der Waals surface area contributed by atoms with Gasteiger partial charge in [-0.15, -0.1) is 0 Å². The third kappa shape index (κ3) is 5.48. The molecule has 216 valence electrons. The van der Waals surface area contributed by atoms with Gasteiger partial charge in [0.05, 0.1) is 34.1 Å². The molecule has 0 saturated carbocycles. The molecular formula is C22H30N10O8. The number of ether oxygens (including phenoxy) is 1. The van der Waals surface area contributed by atoms with E-state index in [0.29, 0.717) is 25.8 Å². The van der Waals surface area contributed by atoms with E-state index in [1.165, 1.54) is 10.6 Å². The number of fused-ring (bicyclic) bond motifs is 1. The zero-order chi connectivity index (χ0) is 29.1. The third-order valence-electron chi connectivity index (χ3n) is 6.74. The van der Waals surface area contributed by atoms with Crippen LogP contribution in [0.4, 0.5) is 23.1 Å². The van der Waals surface area contributed by atoms with E-state index in [2.05, 4.69) is 20.3 Å². The van der Waals surface area contributed by atoms with Crippen molar-refractivity contribution in [3.8, 4) is 0 Å². The molecular weight excluding hydrogens is 532 g/mol. The number of aliphatic hydroxyl groups is 3. The minimum Gasteiger partial charge on any atom is -0.394 e. The Hall–Kier alpha value is -4.07. The van der Waals surface area contributed by atoms with Gasteiger partial charge in [0.1, 0.15) is 24.6 Å². The lowest BCUT2D eigenvalue weighted by molar-refractivity contribution is -0.394. The van der Waals surface area contributed by atoms with E-state index in [1.807, 2.05) is 0 Å². The van der Waals surface area contributed by atoms with Crippen LogP contribution in [0.2, 0.25) is 0 Å². The van der Waals surface area contributed by atoms with Gasteiger partial charge in [0, 0.05) is 12.1 Å². The normalized spacial score (nSPS) is 22.3. The smallest absolute Gasteiger partial charge is 0.281 e. The number of hydrogen-bond donors (Lipinski definition) is 7. The lowest BCUT2D eigenvalue weighted by Crippen LogP contribution is -2.36. The van der Waals surface area contributed by atoms with Gasteiger partial charge in [0.2, 0.25) is 5.95 Å². The van der Waals surface area contributed by atoms with E-state index < -0.39 is 64.5 Å². The maximum atomic E-state index is 12.0. The number of nitro groups is 2. The van der Waals surface area contributed by atoms with Crippen molar-refractivity contribution in [2.45, 2.75) is 55.9 Å². The van der Waals surface area contributed by atoms with Gasteiger partial charge in [-0.25, -0.2) is 15.0 Å². The number of nitrogen functional groups attached to an aromatic ring is 1. The largest absolute Gasteiger partial charge is 0.394 e. The Labute approximate surface area is 226 Å². The van der Waals surface area contributed by atoms with Crippen molar-refractivity contribution in [1.82, 2.24) is 19.5 Å². The van der Waals surface area contributed by atoms with Gasteiger partial charge in [0.25, 0.3) is 11.4 Å². The average Bonchev–Trinajstić information content (AvgIpc) is 3.43. The summed E-state index contributed by atoms with van der Waals surface area (Å²) in [6, 6.07) is 1.39. The molecule has 6 atom stereocenters. The zero-order valence-corrected chi connectivity index (χ0v) is 21.1. The molecule has 1 aliphatic heterocycles. The second-order valence-corrected chi connectivity index (χ2v) is 9.29. The van der Waals surface area contributed by atoms with Crippen molar-refractivity contribution in [3.63, 3.8) is 0 Å². The van der Waals surface area contributed by atoms with Crippen LogP contribution in [0.25, 0.3) is 11.2 Å². The second kappa shape index (κ2) is 12.0. The number of anilines is 2. The van der Waals surface area contributed by atoms with Crippen LogP contribution in [0.1, 0.15) is 37.1 Å². The van der Waals surface area contributed by atoms with Crippen LogP contribution in [0.15, 0.2) is 24.5 Å². The highest BCUT2D eigenvalue weighted by Crippen LogP contribution is 2.38. The highest BCUT2D eigenvalue weighted by molar-refractivity contribution is 5.84. The van der Waals surface area contributed by atoms with Crippen LogP contribution in [-0.4, -0.2) is 82.2 Å². The monoisotopic (exact) mass is 562 g/mol.